The van der Waals surface area contributed by atoms with Crippen molar-refractivity contribution in [2.45, 2.75) is 71.1 Å². The van der Waals surface area contributed by atoms with Gasteiger partial charge in [0.1, 0.15) is 6.61 Å². The van der Waals surface area contributed by atoms with Gasteiger partial charge in [0.2, 0.25) is 0 Å². The molecule has 5 N–H and O–H groups in total. The first kappa shape index (κ1) is 42.5. The van der Waals surface area contributed by atoms with Crippen LogP contribution in [-0.2, 0) is 28.5 Å². The Morgan fingerprint density at radius 1 is 0.512 bits per heavy atom. The quantitative estimate of drug-likeness (QED) is 0.0501. The highest BCUT2D eigenvalue weighted by Crippen LogP contribution is 2.09. The Kier molecular flexibility index (Phi) is 39.0. The van der Waals surface area contributed by atoms with Gasteiger partial charge in [-0.25, -0.2) is 4.79 Å². The normalized spacial score (nSPS) is 11.5. The first-order valence-electron chi connectivity index (χ1n) is 16.8. The number of aliphatic carboxylic acids is 1. The van der Waals surface area contributed by atoms with E-state index in [1.807, 2.05) is 6.92 Å². The van der Waals surface area contributed by atoms with E-state index in [0.29, 0.717) is 52.9 Å². The molecule has 0 saturated carbocycles. The average molecular weight is 639 g/mol. The summed E-state index contributed by atoms with van der Waals surface area (Å²) in [5, 5.41) is 22.0. The van der Waals surface area contributed by atoms with Gasteiger partial charge in [0.15, 0.2) is 0 Å². The summed E-state index contributed by atoms with van der Waals surface area (Å²) in [6.07, 6.45) is 12.5. The number of thioether (sulfide) groups is 1. The first-order valence-corrected chi connectivity index (χ1v) is 17.9. The molecule has 0 aliphatic heterocycles. The number of hydrogen-bond donors (Lipinski definition) is 5. The third-order valence-corrected chi connectivity index (χ3v) is 7.43. The van der Waals surface area contributed by atoms with Gasteiger partial charge in [0.25, 0.3) is 0 Å². The van der Waals surface area contributed by atoms with Crippen molar-refractivity contribution in [3.8, 4) is 0 Å². The van der Waals surface area contributed by atoms with Crippen molar-refractivity contribution in [2.24, 2.45) is 0 Å². The summed E-state index contributed by atoms with van der Waals surface area (Å²) in [5.74, 6) is 1.52. The molecular weight excluding hydrogens is 572 g/mol. The topological polar surface area (TPSA) is 132 Å². The van der Waals surface area contributed by atoms with Gasteiger partial charge in [-0.1, -0.05) is 25.7 Å². The van der Waals surface area contributed by atoms with Crippen LogP contribution in [0.2, 0.25) is 0 Å². The summed E-state index contributed by atoms with van der Waals surface area (Å²) in [4.78, 5) is 10.3. The predicted octanol–water partition coefficient (Wildman–Crippen LogP) is 3.12. The Labute approximate surface area is 267 Å². The summed E-state index contributed by atoms with van der Waals surface area (Å²) in [6.45, 7) is 14.3. The number of carbonyl (C=O) groups is 1. The van der Waals surface area contributed by atoms with E-state index in [-0.39, 0.29) is 6.61 Å². The second-order valence-corrected chi connectivity index (χ2v) is 11.5. The predicted molar refractivity (Wildman–Crippen MR) is 178 cm³/mol. The standard InChI is InChI=1S/C31H66N4O7S/c1-2-38-30-35-19-28-43-27-10-6-4-3-5-7-13-32-14-8-9-15-33-16-11-20-39-23-25-41-26-24-40-21-12-17-34-18-22-42-29-31(36)37/h32-35H,2-30H2,1H3,(H,36,37). The molecule has 0 heterocycles. The second-order valence-electron chi connectivity index (χ2n) is 10.3. The molecule has 0 fully saturated rings. The average Bonchev–Trinajstić information content (AvgIpc) is 3.00. The van der Waals surface area contributed by atoms with E-state index < -0.39 is 5.97 Å². The van der Waals surface area contributed by atoms with Crippen LogP contribution in [0.5, 0.6) is 0 Å². The Morgan fingerprint density at radius 2 is 1.02 bits per heavy atom. The molecule has 0 radical (unpaired) electrons. The molecule has 0 aromatic rings. The monoisotopic (exact) mass is 638 g/mol. The van der Waals surface area contributed by atoms with Crippen LogP contribution < -0.4 is 21.3 Å². The number of hydrogen-bond acceptors (Lipinski definition) is 11. The Morgan fingerprint density at radius 3 is 1.63 bits per heavy atom. The molecule has 0 aromatic carbocycles. The molecule has 0 amide bonds. The fourth-order valence-electron chi connectivity index (χ4n) is 3.97. The molecule has 0 bridgehead atoms. The van der Waals surface area contributed by atoms with Crippen LogP contribution in [0.1, 0.15) is 71.1 Å². The van der Waals surface area contributed by atoms with Crippen LogP contribution in [0.4, 0.5) is 0 Å². The summed E-state index contributed by atoms with van der Waals surface area (Å²) < 4.78 is 26.9. The highest BCUT2D eigenvalue weighted by atomic mass is 32.2. The van der Waals surface area contributed by atoms with Crippen LogP contribution >= 0.6 is 11.8 Å². The van der Waals surface area contributed by atoms with Gasteiger partial charge < -0.3 is 44.7 Å². The van der Waals surface area contributed by atoms with Crippen molar-refractivity contribution in [3.05, 3.63) is 0 Å². The minimum atomic E-state index is -0.943. The van der Waals surface area contributed by atoms with Gasteiger partial charge in [-0.15, -0.1) is 0 Å². The van der Waals surface area contributed by atoms with Gasteiger partial charge >= 0.3 is 5.97 Å². The van der Waals surface area contributed by atoms with Crippen LogP contribution in [0.3, 0.4) is 0 Å². The lowest BCUT2D eigenvalue weighted by Crippen LogP contribution is -2.23. The lowest BCUT2D eigenvalue weighted by Gasteiger charge is -2.08. The minimum absolute atomic E-state index is 0.248. The molecule has 0 unspecified atom stereocenters. The molecule has 0 saturated heterocycles. The zero-order valence-electron chi connectivity index (χ0n) is 27.3. The van der Waals surface area contributed by atoms with Crippen molar-refractivity contribution in [1.82, 2.24) is 21.3 Å². The van der Waals surface area contributed by atoms with Crippen molar-refractivity contribution in [3.63, 3.8) is 0 Å². The van der Waals surface area contributed by atoms with Crippen molar-refractivity contribution in [1.29, 1.82) is 0 Å². The van der Waals surface area contributed by atoms with E-state index >= 15 is 0 Å². The number of unbranched alkanes of at least 4 members (excludes halogenated alkanes) is 6. The SMILES string of the molecule is CCOCNCCSCCCCCCCCNCCCCNCCCOCCOCCOCCCNCCOCC(=O)O. The smallest absolute Gasteiger partial charge is 0.329 e. The number of rotatable bonds is 39. The molecule has 0 rings (SSSR count). The first-order chi connectivity index (χ1) is 21.3. The van der Waals surface area contributed by atoms with Crippen LogP contribution in [0.25, 0.3) is 0 Å². The third-order valence-electron chi connectivity index (χ3n) is 6.36. The lowest BCUT2D eigenvalue weighted by molar-refractivity contribution is -0.142. The highest BCUT2D eigenvalue weighted by molar-refractivity contribution is 7.99. The molecule has 0 aliphatic carbocycles. The largest absolute Gasteiger partial charge is 0.480 e. The second kappa shape index (κ2) is 39.5. The fraction of sp³-hybridized carbons (Fsp3) is 0.968. The van der Waals surface area contributed by atoms with E-state index in [4.69, 9.17) is 28.8 Å². The van der Waals surface area contributed by atoms with Crippen molar-refractivity contribution >= 4 is 17.7 Å². The van der Waals surface area contributed by atoms with E-state index in [9.17, 15) is 4.79 Å². The van der Waals surface area contributed by atoms with Gasteiger partial charge in [-0.05, 0) is 83.9 Å². The van der Waals surface area contributed by atoms with Gasteiger partial charge in [0, 0.05) is 38.7 Å². The number of carboxylic acid groups (broad SMARTS) is 1. The van der Waals surface area contributed by atoms with E-state index in [0.717, 1.165) is 65.3 Å². The molecule has 0 aromatic heterocycles. The summed E-state index contributed by atoms with van der Waals surface area (Å²) in [5.41, 5.74) is 0. The van der Waals surface area contributed by atoms with Crippen molar-refractivity contribution < 1.29 is 33.6 Å². The Hall–Kier alpha value is -0.540. The molecule has 0 aliphatic rings. The zero-order valence-corrected chi connectivity index (χ0v) is 28.1. The van der Waals surface area contributed by atoms with E-state index in [2.05, 4.69) is 33.0 Å². The maximum absolute atomic E-state index is 10.3. The van der Waals surface area contributed by atoms with Crippen LogP contribution in [0, 0.1) is 0 Å². The maximum Gasteiger partial charge on any atom is 0.329 e. The maximum atomic E-state index is 10.3. The highest BCUT2D eigenvalue weighted by Gasteiger charge is 1.97. The molecule has 0 atom stereocenters. The van der Waals surface area contributed by atoms with Gasteiger partial charge in [0.05, 0.1) is 39.8 Å². The lowest BCUT2D eigenvalue weighted by atomic mass is 10.1. The van der Waals surface area contributed by atoms with Crippen molar-refractivity contribution in [2.75, 3.05) is 124 Å². The number of ether oxygens (including phenoxy) is 5. The van der Waals surface area contributed by atoms with Gasteiger partial charge in [-0.2, -0.15) is 11.8 Å². The number of carboxylic acids is 1. The molecule has 43 heavy (non-hydrogen) atoms. The molecule has 258 valence electrons. The molecular formula is C31H66N4O7S. The minimum Gasteiger partial charge on any atom is -0.480 e. The summed E-state index contributed by atoms with van der Waals surface area (Å²) >= 11 is 2.05. The molecule has 11 nitrogen and oxygen atoms in total. The van der Waals surface area contributed by atoms with Crippen LogP contribution in [-0.4, -0.2) is 135 Å². The number of nitrogens with one attached hydrogen (secondary N) is 4. The van der Waals surface area contributed by atoms with E-state index in [1.54, 1.807) is 0 Å². The van der Waals surface area contributed by atoms with E-state index in [1.165, 1.54) is 62.9 Å². The zero-order chi connectivity index (χ0) is 31.2. The molecule has 0 spiro atoms. The summed E-state index contributed by atoms with van der Waals surface area (Å²) in [6, 6.07) is 0. The Bertz CT molecular complexity index is 542. The third kappa shape index (κ3) is 41.5. The fourth-order valence-corrected chi connectivity index (χ4v) is 4.87. The Balaban J connectivity index is 3.03. The summed E-state index contributed by atoms with van der Waals surface area (Å²) in [7, 11) is 0. The molecule has 12 heteroatoms. The van der Waals surface area contributed by atoms with Crippen LogP contribution in [0.15, 0.2) is 0 Å². The van der Waals surface area contributed by atoms with Gasteiger partial charge in [-0.3, -0.25) is 5.32 Å².